The predicted molar refractivity (Wildman–Crippen MR) is 68.9 cm³/mol. The zero-order valence-corrected chi connectivity index (χ0v) is 10.9. The molecule has 0 aliphatic heterocycles. The SMILES string of the molecule is Cc1ccc(CN)cc1Oc1ncncc1Br. The summed E-state index contributed by atoms with van der Waals surface area (Å²) in [6.45, 7) is 2.46. The molecule has 0 bridgehead atoms. The Labute approximate surface area is 108 Å². The lowest BCUT2D eigenvalue weighted by atomic mass is 10.1. The average Bonchev–Trinajstić information content (AvgIpc) is 2.35. The molecule has 0 saturated heterocycles. The largest absolute Gasteiger partial charge is 0.437 e. The Morgan fingerprint density at radius 1 is 1.41 bits per heavy atom. The molecule has 0 fully saturated rings. The van der Waals surface area contributed by atoms with Crippen molar-refractivity contribution < 1.29 is 4.74 Å². The third-order valence-electron chi connectivity index (χ3n) is 2.33. The Morgan fingerprint density at radius 3 is 2.94 bits per heavy atom. The van der Waals surface area contributed by atoms with Crippen LogP contribution in [0.2, 0.25) is 0 Å². The summed E-state index contributed by atoms with van der Waals surface area (Å²) in [5, 5.41) is 0. The first kappa shape index (κ1) is 12.0. The van der Waals surface area contributed by atoms with E-state index in [9.17, 15) is 0 Å². The minimum Gasteiger partial charge on any atom is -0.437 e. The van der Waals surface area contributed by atoms with Crippen molar-refractivity contribution in [3.8, 4) is 11.6 Å². The van der Waals surface area contributed by atoms with Gasteiger partial charge in [-0.3, -0.25) is 0 Å². The summed E-state index contributed by atoms with van der Waals surface area (Å²) in [5.41, 5.74) is 7.66. The smallest absolute Gasteiger partial charge is 0.236 e. The molecule has 17 heavy (non-hydrogen) atoms. The molecule has 1 aromatic carbocycles. The van der Waals surface area contributed by atoms with Gasteiger partial charge in [-0.2, -0.15) is 0 Å². The number of aromatic nitrogens is 2. The van der Waals surface area contributed by atoms with E-state index in [2.05, 4.69) is 25.9 Å². The molecule has 0 aliphatic rings. The van der Waals surface area contributed by atoms with Crippen molar-refractivity contribution in [1.29, 1.82) is 0 Å². The minimum atomic E-state index is 0.488. The summed E-state index contributed by atoms with van der Waals surface area (Å²) in [5.74, 6) is 1.25. The molecule has 0 unspecified atom stereocenters. The fourth-order valence-electron chi connectivity index (χ4n) is 1.36. The average molecular weight is 294 g/mol. The van der Waals surface area contributed by atoms with Gasteiger partial charge in [0.2, 0.25) is 5.88 Å². The topological polar surface area (TPSA) is 61.0 Å². The van der Waals surface area contributed by atoms with Crippen LogP contribution in [-0.2, 0) is 6.54 Å². The number of halogens is 1. The third kappa shape index (κ3) is 2.81. The summed E-state index contributed by atoms with van der Waals surface area (Å²) >= 11 is 3.34. The fourth-order valence-corrected chi connectivity index (χ4v) is 1.66. The Hall–Kier alpha value is -1.46. The van der Waals surface area contributed by atoms with Gasteiger partial charge in [-0.25, -0.2) is 9.97 Å². The van der Waals surface area contributed by atoms with E-state index in [0.717, 1.165) is 21.3 Å². The molecular weight excluding hydrogens is 282 g/mol. The molecule has 0 spiro atoms. The molecule has 0 radical (unpaired) electrons. The van der Waals surface area contributed by atoms with Gasteiger partial charge < -0.3 is 10.5 Å². The maximum atomic E-state index is 5.73. The van der Waals surface area contributed by atoms with E-state index >= 15 is 0 Å². The molecule has 2 aromatic rings. The number of aryl methyl sites for hydroxylation is 1. The van der Waals surface area contributed by atoms with Gasteiger partial charge in [-0.1, -0.05) is 12.1 Å². The summed E-state index contributed by atoms with van der Waals surface area (Å²) in [7, 11) is 0. The van der Waals surface area contributed by atoms with Gasteiger partial charge in [0.05, 0.1) is 4.47 Å². The van der Waals surface area contributed by atoms with Crippen molar-refractivity contribution in [2.45, 2.75) is 13.5 Å². The number of nitrogens with zero attached hydrogens (tertiary/aromatic N) is 2. The van der Waals surface area contributed by atoms with Gasteiger partial charge in [-0.05, 0) is 40.0 Å². The van der Waals surface area contributed by atoms with Crippen LogP contribution in [0.1, 0.15) is 11.1 Å². The molecule has 0 atom stereocenters. The Morgan fingerprint density at radius 2 is 2.24 bits per heavy atom. The summed E-state index contributed by atoms with van der Waals surface area (Å²) < 4.78 is 6.45. The van der Waals surface area contributed by atoms with E-state index in [4.69, 9.17) is 10.5 Å². The van der Waals surface area contributed by atoms with Crippen LogP contribution in [0.3, 0.4) is 0 Å². The van der Waals surface area contributed by atoms with E-state index in [1.165, 1.54) is 6.33 Å². The van der Waals surface area contributed by atoms with Crippen LogP contribution >= 0.6 is 15.9 Å². The minimum absolute atomic E-state index is 0.488. The number of rotatable bonds is 3. The Bertz CT molecular complexity index is 531. The maximum absolute atomic E-state index is 5.73. The fraction of sp³-hybridized carbons (Fsp3) is 0.167. The quantitative estimate of drug-likeness (QED) is 0.945. The van der Waals surface area contributed by atoms with Crippen LogP contribution in [0.15, 0.2) is 35.2 Å². The molecule has 4 nitrogen and oxygen atoms in total. The van der Waals surface area contributed by atoms with E-state index in [1.54, 1.807) is 6.20 Å². The van der Waals surface area contributed by atoms with Gasteiger partial charge >= 0.3 is 0 Å². The highest BCUT2D eigenvalue weighted by atomic mass is 79.9. The van der Waals surface area contributed by atoms with Crippen LogP contribution in [-0.4, -0.2) is 9.97 Å². The van der Waals surface area contributed by atoms with Crippen LogP contribution < -0.4 is 10.5 Å². The number of hydrogen-bond acceptors (Lipinski definition) is 4. The predicted octanol–water partition coefficient (Wildman–Crippen LogP) is 2.80. The second kappa shape index (κ2) is 5.25. The van der Waals surface area contributed by atoms with Crippen molar-refractivity contribution in [2.24, 2.45) is 5.73 Å². The van der Waals surface area contributed by atoms with E-state index in [0.29, 0.717) is 12.4 Å². The van der Waals surface area contributed by atoms with Gasteiger partial charge in [0.1, 0.15) is 12.1 Å². The number of benzene rings is 1. The highest BCUT2D eigenvalue weighted by Gasteiger charge is 2.07. The highest BCUT2D eigenvalue weighted by molar-refractivity contribution is 9.10. The lowest BCUT2D eigenvalue weighted by Gasteiger charge is -2.10. The Kier molecular flexibility index (Phi) is 3.71. The van der Waals surface area contributed by atoms with Crippen LogP contribution in [0.4, 0.5) is 0 Å². The first-order valence-corrected chi connectivity index (χ1v) is 5.93. The molecule has 0 saturated carbocycles. The van der Waals surface area contributed by atoms with Crippen molar-refractivity contribution in [1.82, 2.24) is 9.97 Å². The van der Waals surface area contributed by atoms with E-state index in [-0.39, 0.29) is 0 Å². The maximum Gasteiger partial charge on any atom is 0.236 e. The zero-order valence-electron chi connectivity index (χ0n) is 9.35. The summed E-state index contributed by atoms with van der Waals surface area (Å²) in [6.07, 6.45) is 3.09. The van der Waals surface area contributed by atoms with Crippen molar-refractivity contribution in [3.05, 3.63) is 46.3 Å². The van der Waals surface area contributed by atoms with Crippen molar-refractivity contribution in [3.63, 3.8) is 0 Å². The normalized spacial score (nSPS) is 10.3. The first-order valence-electron chi connectivity index (χ1n) is 5.13. The standard InChI is InChI=1S/C12H12BrN3O/c1-8-2-3-9(5-14)4-11(8)17-12-10(13)6-15-7-16-12/h2-4,6-7H,5,14H2,1H3. The van der Waals surface area contributed by atoms with Crippen LogP contribution in [0, 0.1) is 6.92 Å². The molecule has 0 amide bonds. The molecular formula is C12H12BrN3O. The van der Waals surface area contributed by atoms with Gasteiger partial charge in [0.25, 0.3) is 0 Å². The van der Waals surface area contributed by atoms with E-state index in [1.807, 2.05) is 25.1 Å². The number of nitrogens with two attached hydrogens (primary N) is 1. The van der Waals surface area contributed by atoms with Crippen LogP contribution in [0.25, 0.3) is 0 Å². The number of hydrogen-bond donors (Lipinski definition) is 1. The van der Waals surface area contributed by atoms with Gasteiger partial charge in [-0.15, -0.1) is 0 Å². The monoisotopic (exact) mass is 293 g/mol. The highest BCUT2D eigenvalue weighted by Crippen LogP contribution is 2.29. The summed E-state index contributed by atoms with van der Waals surface area (Å²) in [6, 6.07) is 5.88. The zero-order chi connectivity index (χ0) is 12.3. The van der Waals surface area contributed by atoms with Crippen molar-refractivity contribution in [2.75, 3.05) is 0 Å². The molecule has 2 N–H and O–H groups in total. The lowest BCUT2D eigenvalue weighted by Crippen LogP contribution is -1.98. The van der Waals surface area contributed by atoms with Crippen LogP contribution in [0.5, 0.6) is 11.6 Å². The van der Waals surface area contributed by atoms with Gasteiger partial charge in [0.15, 0.2) is 0 Å². The Balaban J connectivity index is 2.32. The lowest BCUT2D eigenvalue weighted by molar-refractivity contribution is 0.454. The van der Waals surface area contributed by atoms with E-state index < -0.39 is 0 Å². The number of ether oxygens (including phenoxy) is 1. The third-order valence-corrected chi connectivity index (χ3v) is 2.87. The molecule has 5 heteroatoms. The molecule has 1 aromatic heterocycles. The first-order chi connectivity index (χ1) is 8.20. The van der Waals surface area contributed by atoms with Gasteiger partial charge in [0, 0.05) is 12.7 Å². The molecule has 0 aliphatic carbocycles. The van der Waals surface area contributed by atoms with Crippen molar-refractivity contribution >= 4 is 15.9 Å². The molecule has 2 rings (SSSR count). The molecule has 1 heterocycles. The molecule has 88 valence electrons. The second-order valence-corrected chi connectivity index (χ2v) is 4.44. The summed E-state index contributed by atoms with van der Waals surface area (Å²) in [4.78, 5) is 7.94. The second-order valence-electron chi connectivity index (χ2n) is 3.58.